The van der Waals surface area contributed by atoms with Gasteiger partial charge in [-0.05, 0) is 12.1 Å². The maximum atomic E-state index is 11.3. The van der Waals surface area contributed by atoms with Crippen molar-refractivity contribution in [2.45, 2.75) is 0 Å². The molecule has 0 bridgehead atoms. The number of carbonyl (C=O) groups is 1. The van der Waals surface area contributed by atoms with E-state index < -0.39 is 0 Å². The molecule has 0 unspecified atom stereocenters. The van der Waals surface area contributed by atoms with Crippen LogP contribution in [0.1, 0.15) is 0 Å². The van der Waals surface area contributed by atoms with Crippen molar-refractivity contribution in [3.8, 4) is 5.75 Å². The second-order valence-corrected chi connectivity index (χ2v) is 3.78. The summed E-state index contributed by atoms with van der Waals surface area (Å²) in [5.74, 6) is 0.0468. The average molecular weight is 264 g/mol. The summed E-state index contributed by atoms with van der Waals surface area (Å²) in [6.07, 6.45) is 0. The van der Waals surface area contributed by atoms with Gasteiger partial charge in [0.2, 0.25) is 0 Å². The maximum Gasteiger partial charge on any atom is 0.283 e. The largest absolute Gasteiger partial charge is 0.482 e. The number of hydrogen-bond acceptors (Lipinski definition) is 3. The molecule has 88 valence electrons. The molecule has 0 aliphatic rings. The number of amides is 1. The normalized spacial score (nSPS) is 10.0. The molecule has 0 aliphatic heterocycles. The van der Waals surface area contributed by atoms with Crippen molar-refractivity contribution in [2.24, 2.45) is 0 Å². The Morgan fingerprint density at radius 1 is 1.44 bits per heavy atom. The van der Waals surface area contributed by atoms with Crippen LogP contribution in [0.15, 0.2) is 18.2 Å². The lowest BCUT2D eigenvalue weighted by atomic mass is 10.3. The van der Waals surface area contributed by atoms with Gasteiger partial charge in [0.25, 0.3) is 5.91 Å². The summed E-state index contributed by atoms with van der Waals surface area (Å²) < 4.78 is 5.21. The van der Waals surface area contributed by atoms with Gasteiger partial charge in [0.05, 0.1) is 12.1 Å². The van der Waals surface area contributed by atoms with Gasteiger partial charge in [-0.3, -0.25) is 9.63 Å². The first-order chi connectivity index (χ1) is 7.54. The third kappa shape index (κ3) is 3.56. The van der Waals surface area contributed by atoms with Gasteiger partial charge in [0.15, 0.2) is 6.61 Å². The van der Waals surface area contributed by atoms with E-state index in [0.29, 0.717) is 15.8 Å². The Hall–Kier alpha value is -0.970. The number of hydrogen-bond donors (Lipinski definition) is 0. The van der Waals surface area contributed by atoms with E-state index in [9.17, 15) is 4.79 Å². The van der Waals surface area contributed by atoms with Gasteiger partial charge in [0.1, 0.15) is 5.75 Å². The fraction of sp³-hybridized carbons (Fsp3) is 0.300. The van der Waals surface area contributed by atoms with Gasteiger partial charge in [-0.2, -0.15) is 0 Å². The van der Waals surface area contributed by atoms with Gasteiger partial charge in [0, 0.05) is 18.1 Å². The highest BCUT2D eigenvalue weighted by molar-refractivity contribution is 6.34. The molecule has 0 saturated heterocycles. The van der Waals surface area contributed by atoms with Crippen molar-refractivity contribution in [2.75, 3.05) is 20.8 Å². The SMILES string of the molecule is CON(C)C(=O)COc1cc(Cl)ccc1Cl. The fourth-order valence-corrected chi connectivity index (χ4v) is 1.25. The molecule has 0 aromatic heterocycles. The first kappa shape index (κ1) is 13.1. The molecule has 1 aromatic carbocycles. The number of benzene rings is 1. The summed E-state index contributed by atoms with van der Waals surface area (Å²) in [5, 5.41) is 1.96. The first-order valence-corrected chi connectivity index (χ1v) is 5.18. The molecular weight excluding hydrogens is 253 g/mol. The van der Waals surface area contributed by atoms with Gasteiger partial charge < -0.3 is 4.74 Å². The van der Waals surface area contributed by atoms with Crippen LogP contribution in [0.2, 0.25) is 10.0 Å². The lowest BCUT2D eigenvalue weighted by Crippen LogP contribution is -2.30. The molecule has 0 fully saturated rings. The molecule has 0 radical (unpaired) electrons. The van der Waals surface area contributed by atoms with E-state index in [1.54, 1.807) is 18.2 Å². The van der Waals surface area contributed by atoms with E-state index in [1.807, 2.05) is 0 Å². The Labute approximate surface area is 104 Å². The van der Waals surface area contributed by atoms with Crippen LogP contribution in [0.3, 0.4) is 0 Å². The van der Waals surface area contributed by atoms with Crippen molar-refractivity contribution in [1.29, 1.82) is 0 Å². The number of rotatable bonds is 4. The van der Waals surface area contributed by atoms with E-state index in [4.69, 9.17) is 32.8 Å². The zero-order valence-electron chi connectivity index (χ0n) is 8.87. The van der Waals surface area contributed by atoms with Gasteiger partial charge >= 0.3 is 0 Å². The minimum Gasteiger partial charge on any atom is -0.482 e. The van der Waals surface area contributed by atoms with Crippen molar-refractivity contribution in [3.63, 3.8) is 0 Å². The standard InChI is InChI=1S/C10H11Cl2NO3/c1-13(15-2)10(14)6-16-9-5-7(11)3-4-8(9)12/h3-5H,6H2,1-2H3. The molecule has 6 heteroatoms. The Bertz CT molecular complexity index is 384. The third-order valence-corrected chi connectivity index (χ3v) is 2.42. The number of hydroxylamine groups is 2. The number of likely N-dealkylation sites (N-methyl/N-ethyl adjacent to an activating group) is 1. The van der Waals surface area contributed by atoms with Crippen LogP contribution in [-0.4, -0.2) is 31.7 Å². The molecule has 1 rings (SSSR count). The van der Waals surface area contributed by atoms with Crippen LogP contribution < -0.4 is 4.74 Å². The molecule has 1 aromatic rings. The summed E-state index contributed by atoms with van der Waals surface area (Å²) in [4.78, 5) is 16.0. The second-order valence-electron chi connectivity index (χ2n) is 2.94. The van der Waals surface area contributed by atoms with Crippen LogP contribution in [0.25, 0.3) is 0 Å². The molecule has 0 aliphatic carbocycles. The molecule has 0 heterocycles. The van der Waals surface area contributed by atoms with E-state index in [2.05, 4.69) is 0 Å². The summed E-state index contributed by atoms with van der Waals surface area (Å²) in [7, 11) is 2.88. The Morgan fingerprint density at radius 2 is 2.12 bits per heavy atom. The number of nitrogens with zero attached hydrogens (tertiary/aromatic N) is 1. The molecule has 16 heavy (non-hydrogen) atoms. The molecule has 1 amide bonds. The van der Waals surface area contributed by atoms with Crippen molar-refractivity contribution in [1.82, 2.24) is 5.06 Å². The molecule has 0 saturated carbocycles. The summed E-state index contributed by atoms with van der Waals surface area (Å²) in [6.45, 7) is -0.162. The van der Waals surface area contributed by atoms with Crippen molar-refractivity contribution < 1.29 is 14.4 Å². The first-order valence-electron chi connectivity index (χ1n) is 4.43. The zero-order chi connectivity index (χ0) is 12.1. The van der Waals surface area contributed by atoms with Crippen molar-refractivity contribution in [3.05, 3.63) is 28.2 Å². The minimum absolute atomic E-state index is 0.162. The maximum absolute atomic E-state index is 11.3. The predicted octanol–water partition coefficient (Wildman–Crippen LogP) is 2.39. The topological polar surface area (TPSA) is 38.8 Å². The fourth-order valence-electron chi connectivity index (χ4n) is 0.920. The van der Waals surface area contributed by atoms with Crippen LogP contribution in [-0.2, 0) is 9.63 Å². The lowest BCUT2D eigenvalue weighted by molar-refractivity contribution is -0.170. The van der Waals surface area contributed by atoms with Crippen LogP contribution in [0.4, 0.5) is 0 Å². The minimum atomic E-state index is -0.321. The molecule has 0 N–H and O–H groups in total. The summed E-state index contributed by atoms with van der Waals surface area (Å²) in [6, 6.07) is 4.79. The average Bonchev–Trinajstić information content (AvgIpc) is 2.28. The highest BCUT2D eigenvalue weighted by Crippen LogP contribution is 2.27. The number of ether oxygens (including phenoxy) is 1. The Kier molecular flexibility index (Phi) is 4.86. The third-order valence-electron chi connectivity index (χ3n) is 1.87. The Morgan fingerprint density at radius 3 is 2.75 bits per heavy atom. The monoisotopic (exact) mass is 263 g/mol. The van der Waals surface area contributed by atoms with E-state index in [-0.39, 0.29) is 12.5 Å². The lowest BCUT2D eigenvalue weighted by Gasteiger charge is -2.14. The number of carbonyl (C=O) groups excluding carboxylic acids is 1. The predicted molar refractivity (Wildman–Crippen MR) is 61.7 cm³/mol. The summed E-state index contributed by atoms with van der Waals surface area (Å²) >= 11 is 11.6. The van der Waals surface area contributed by atoms with E-state index in [0.717, 1.165) is 5.06 Å². The zero-order valence-corrected chi connectivity index (χ0v) is 10.4. The number of halogens is 2. The molecular formula is C10H11Cl2NO3. The highest BCUT2D eigenvalue weighted by Gasteiger charge is 2.10. The van der Waals surface area contributed by atoms with Crippen LogP contribution in [0.5, 0.6) is 5.75 Å². The summed E-state index contributed by atoms with van der Waals surface area (Å²) in [5.41, 5.74) is 0. The van der Waals surface area contributed by atoms with E-state index in [1.165, 1.54) is 14.2 Å². The molecule has 4 nitrogen and oxygen atoms in total. The van der Waals surface area contributed by atoms with Crippen LogP contribution >= 0.6 is 23.2 Å². The highest BCUT2D eigenvalue weighted by atomic mass is 35.5. The molecule has 0 atom stereocenters. The van der Waals surface area contributed by atoms with Crippen molar-refractivity contribution >= 4 is 29.1 Å². The van der Waals surface area contributed by atoms with E-state index >= 15 is 0 Å². The van der Waals surface area contributed by atoms with Crippen LogP contribution in [0, 0.1) is 0 Å². The smallest absolute Gasteiger partial charge is 0.283 e. The second kappa shape index (κ2) is 5.94. The van der Waals surface area contributed by atoms with Gasteiger partial charge in [-0.25, -0.2) is 5.06 Å². The van der Waals surface area contributed by atoms with Gasteiger partial charge in [-0.15, -0.1) is 0 Å². The quantitative estimate of drug-likeness (QED) is 0.784. The molecule has 0 spiro atoms. The Balaban J connectivity index is 2.61. The van der Waals surface area contributed by atoms with Gasteiger partial charge in [-0.1, -0.05) is 23.2 Å².